The molecule has 1 heterocycles. The van der Waals surface area contributed by atoms with Crippen molar-refractivity contribution in [1.29, 1.82) is 0 Å². The summed E-state index contributed by atoms with van der Waals surface area (Å²) in [6.07, 6.45) is -7.08. The van der Waals surface area contributed by atoms with Gasteiger partial charge >= 0.3 is 12.4 Å². The number of carbonyl (C=O) groups excluding carboxylic acids is 1. The average Bonchev–Trinajstić information content (AvgIpc) is 3.36. The summed E-state index contributed by atoms with van der Waals surface area (Å²) in [5.41, 5.74) is 3.61. The predicted octanol–water partition coefficient (Wildman–Crippen LogP) is 8.31. The van der Waals surface area contributed by atoms with Gasteiger partial charge in [0, 0.05) is 31.9 Å². The second-order valence-electron chi connectivity index (χ2n) is 12.2. The lowest BCUT2D eigenvalue weighted by Crippen LogP contribution is -2.47. The molecule has 0 aromatic heterocycles. The van der Waals surface area contributed by atoms with E-state index in [1.807, 2.05) is 72.8 Å². The van der Waals surface area contributed by atoms with E-state index in [1.165, 1.54) is 6.07 Å². The number of carbonyl (C=O) groups is 1. The summed E-state index contributed by atoms with van der Waals surface area (Å²) >= 11 is 0. The number of hydrogen-bond acceptors (Lipinski definition) is 3. The van der Waals surface area contributed by atoms with Gasteiger partial charge in [-0.25, -0.2) is 0 Å². The molecule has 0 atom stereocenters. The van der Waals surface area contributed by atoms with Gasteiger partial charge in [0.1, 0.15) is 12.0 Å². The Balaban J connectivity index is 1.07. The number of nitrogens with one attached hydrogen (secondary N) is 1. The molecule has 1 aliphatic heterocycles. The molecule has 1 aliphatic carbocycles. The van der Waals surface area contributed by atoms with Crippen molar-refractivity contribution >= 4 is 11.6 Å². The molecular weight excluding hydrogens is 616 g/mol. The molecular formula is C37H35F6N3O. The van der Waals surface area contributed by atoms with Crippen molar-refractivity contribution in [3.63, 3.8) is 0 Å². The van der Waals surface area contributed by atoms with Crippen LogP contribution in [-0.4, -0.2) is 56.3 Å². The fraction of sp³-hybridized carbons (Fsp3) is 0.324. The Morgan fingerprint density at radius 2 is 1.32 bits per heavy atom. The highest BCUT2D eigenvalue weighted by Gasteiger charge is 2.49. The molecule has 1 saturated heterocycles. The molecule has 0 spiro atoms. The number of anilines is 1. The Morgan fingerprint density at radius 1 is 0.702 bits per heavy atom. The Labute approximate surface area is 270 Å². The van der Waals surface area contributed by atoms with Gasteiger partial charge in [-0.2, -0.15) is 26.3 Å². The first-order valence-corrected chi connectivity index (χ1v) is 15.8. The van der Waals surface area contributed by atoms with E-state index < -0.39 is 35.8 Å². The molecule has 2 aliphatic rings. The summed E-state index contributed by atoms with van der Waals surface area (Å²) in [4.78, 5) is 18.3. The highest BCUT2D eigenvalue weighted by Crippen LogP contribution is 2.51. The third-order valence-electron chi connectivity index (χ3n) is 9.30. The largest absolute Gasteiger partial charge is 0.416 e. The number of piperazine rings is 1. The minimum atomic E-state index is -4.51. The van der Waals surface area contributed by atoms with Crippen molar-refractivity contribution in [2.75, 3.05) is 44.2 Å². The number of rotatable bonds is 9. The van der Waals surface area contributed by atoms with Gasteiger partial charge in [-0.1, -0.05) is 79.2 Å². The fourth-order valence-electron chi connectivity index (χ4n) is 6.98. The molecule has 4 nitrogen and oxygen atoms in total. The Bertz CT molecular complexity index is 1660. The molecule has 6 rings (SSSR count). The lowest BCUT2D eigenvalue weighted by atomic mass is 9.73. The van der Waals surface area contributed by atoms with E-state index in [4.69, 9.17) is 0 Å². The molecule has 0 bridgehead atoms. The number of halogens is 6. The van der Waals surface area contributed by atoms with Crippen molar-refractivity contribution in [2.24, 2.45) is 0 Å². The molecule has 0 radical (unpaired) electrons. The molecule has 4 aromatic carbocycles. The van der Waals surface area contributed by atoms with Crippen LogP contribution in [-0.2, 0) is 16.4 Å². The lowest BCUT2D eigenvalue weighted by molar-refractivity contribution is -0.141. The Kier molecular flexibility index (Phi) is 9.07. The molecule has 47 heavy (non-hydrogen) atoms. The van der Waals surface area contributed by atoms with Gasteiger partial charge in [0.25, 0.3) is 0 Å². The minimum absolute atomic E-state index is 0.392. The van der Waals surface area contributed by atoms with Crippen LogP contribution >= 0.6 is 0 Å². The maximum Gasteiger partial charge on any atom is 0.416 e. The van der Waals surface area contributed by atoms with Crippen LogP contribution in [0.1, 0.15) is 36.0 Å². The highest BCUT2D eigenvalue weighted by atomic mass is 19.4. The van der Waals surface area contributed by atoms with E-state index in [0.717, 1.165) is 84.8 Å². The molecule has 1 N–H and O–H groups in total. The second kappa shape index (κ2) is 13.1. The van der Waals surface area contributed by atoms with Gasteiger partial charge in [-0.05, 0) is 77.0 Å². The zero-order chi connectivity index (χ0) is 33.2. The van der Waals surface area contributed by atoms with Gasteiger partial charge in [-0.15, -0.1) is 0 Å². The molecule has 1 amide bonds. The topological polar surface area (TPSA) is 35.6 Å². The van der Waals surface area contributed by atoms with Crippen LogP contribution in [0, 0.1) is 0 Å². The maximum absolute atomic E-state index is 13.7. The molecule has 1 fully saturated rings. The van der Waals surface area contributed by atoms with Crippen LogP contribution in [0.15, 0.2) is 97.1 Å². The number of nitrogens with zero attached hydrogens (tertiary/aromatic N) is 2. The summed E-state index contributed by atoms with van der Waals surface area (Å²) in [7, 11) is 0. The number of alkyl halides is 6. The van der Waals surface area contributed by atoms with Crippen molar-refractivity contribution in [3.8, 4) is 22.3 Å². The summed E-state index contributed by atoms with van der Waals surface area (Å²) < 4.78 is 78.9. The van der Waals surface area contributed by atoms with Crippen LogP contribution in [0.4, 0.5) is 32.0 Å². The SMILES string of the molecule is O=C(NCC(F)(F)F)C1(CCCCN2CCN(c3ccc(-c4cccc(C(F)(F)F)c4)cc3)CC2)c2ccccc2-c2ccccc21. The molecule has 4 aromatic rings. The van der Waals surface area contributed by atoms with Crippen LogP contribution in [0.25, 0.3) is 22.3 Å². The maximum atomic E-state index is 13.7. The van der Waals surface area contributed by atoms with E-state index in [1.54, 1.807) is 6.07 Å². The van der Waals surface area contributed by atoms with E-state index in [9.17, 15) is 31.1 Å². The van der Waals surface area contributed by atoms with E-state index in [-0.39, 0.29) is 0 Å². The molecule has 0 saturated carbocycles. The third-order valence-corrected chi connectivity index (χ3v) is 9.30. The van der Waals surface area contributed by atoms with E-state index in [0.29, 0.717) is 18.4 Å². The van der Waals surface area contributed by atoms with Crippen molar-refractivity contribution < 1.29 is 31.1 Å². The van der Waals surface area contributed by atoms with Crippen molar-refractivity contribution in [2.45, 2.75) is 37.0 Å². The van der Waals surface area contributed by atoms with Gasteiger partial charge in [0.05, 0.1) is 5.56 Å². The van der Waals surface area contributed by atoms with Crippen molar-refractivity contribution in [1.82, 2.24) is 10.2 Å². The van der Waals surface area contributed by atoms with Crippen molar-refractivity contribution in [3.05, 3.63) is 114 Å². The first-order chi connectivity index (χ1) is 22.5. The fourth-order valence-corrected chi connectivity index (χ4v) is 6.98. The van der Waals surface area contributed by atoms with Crippen LogP contribution in [0.2, 0.25) is 0 Å². The summed E-state index contributed by atoms with van der Waals surface area (Å²) in [6.45, 7) is 2.62. The monoisotopic (exact) mass is 651 g/mol. The van der Waals surface area contributed by atoms with Crippen LogP contribution < -0.4 is 10.2 Å². The minimum Gasteiger partial charge on any atom is -0.369 e. The summed E-state index contributed by atoms with van der Waals surface area (Å²) in [6, 6.07) is 27.8. The standard InChI is InChI=1S/C37H35F6N3O/c38-36(39,40)25-44-34(47)35(32-12-3-1-10-30(32)31-11-2-4-13-33(31)35)18-5-6-19-45-20-22-46(23-21-45)29-16-14-26(15-17-29)27-8-7-9-28(24-27)37(41,42)43/h1-4,7-17,24H,5-6,18-23,25H2,(H,44,47). The number of benzene rings is 4. The zero-order valence-electron chi connectivity index (χ0n) is 25.7. The van der Waals surface area contributed by atoms with Gasteiger partial charge in [0.15, 0.2) is 0 Å². The first kappa shape index (κ1) is 32.6. The number of hydrogen-bond donors (Lipinski definition) is 1. The van der Waals surface area contributed by atoms with Gasteiger partial charge in [0.2, 0.25) is 5.91 Å². The predicted molar refractivity (Wildman–Crippen MR) is 171 cm³/mol. The smallest absolute Gasteiger partial charge is 0.369 e. The number of amides is 1. The van der Waals surface area contributed by atoms with Gasteiger partial charge in [-0.3, -0.25) is 9.69 Å². The van der Waals surface area contributed by atoms with Crippen LogP contribution in [0.5, 0.6) is 0 Å². The highest BCUT2D eigenvalue weighted by molar-refractivity contribution is 6.00. The number of fused-ring (bicyclic) bond motifs is 3. The molecule has 10 heteroatoms. The first-order valence-electron chi connectivity index (χ1n) is 15.8. The lowest BCUT2D eigenvalue weighted by Gasteiger charge is -2.36. The Morgan fingerprint density at radius 3 is 1.91 bits per heavy atom. The summed E-state index contributed by atoms with van der Waals surface area (Å²) in [5, 5.41) is 2.19. The average molecular weight is 652 g/mol. The molecule has 246 valence electrons. The van der Waals surface area contributed by atoms with Gasteiger partial charge < -0.3 is 10.2 Å². The Hall–Kier alpha value is -4.31. The van der Waals surface area contributed by atoms with Crippen LogP contribution in [0.3, 0.4) is 0 Å². The third kappa shape index (κ3) is 6.88. The number of unbranched alkanes of at least 4 members (excludes halogenated alkanes) is 1. The van der Waals surface area contributed by atoms with E-state index in [2.05, 4.69) is 15.1 Å². The summed E-state index contributed by atoms with van der Waals surface area (Å²) in [5.74, 6) is -0.625. The quantitative estimate of drug-likeness (QED) is 0.146. The second-order valence-corrected chi connectivity index (χ2v) is 12.2. The normalized spacial score (nSPS) is 16.1. The zero-order valence-corrected chi connectivity index (χ0v) is 25.7. The molecule has 0 unspecified atom stereocenters. The van der Waals surface area contributed by atoms with E-state index >= 15 is 0 Å².